The largest absolute Gasteiger partial charge is 0.451 e. The van der Waals surface area contributed by atoms with Crippen LogP contribution in [0.15, 0.2) is 23.1 Å². The average Bonchev–Trinajstić information content (AvgIpc) is 3.38. The van der Waals surface area contributed by atoms with E-state index < -0.39 is 28.1 Å². The first-order chi connectivity index (χ1) is 12.5. The van der Waals surface area contributed by atoms with Gasteiger partial charge in [0.15, 0.2) is 6.10 Å². The van der Waals surface area contributed by atoms with Crippen LogP contribution in [0, 0.1) is 19.8 Å². The molecule has 1 aromatic rings. The van der Waals surface area contributed by atoms with Crippen LogP contribution in [0.5, 0.6) is 0 Å². The van der Waals surface area contributed by atoms with E-state index in [4.69, 9.17) is 4.74 Å². The minimum atomic E-state index is -3.91. The van der Waals surface area contributed by atoms with Gasteiger partial charge in [-0.1, -0.05) is 19.9 Å². The van der Waals surface area contributed by atoms with Crippen LogP contribution in [0.25, 0.3) is 0 Å². The zero-order valence-electron chi connectivity index (χ0n) is 16.4. The molecule has 0 aliphatic heterocycles. The van der Waals surface area contributed by atoms with Crippen molar-refractivity contribution in [2.24, 2.45) is 5.92 Å². The third kappa shape index (κ3) is 5.77. The van der Waals surface area contributed by atoms with Gasteiger partial charge >= 0.3 is 5.97 Å². The molecule has 1 saturated carbocycles. The minimum Gasteiger partial charge on any atom is -0.451 e. The maximum absolute atomic E-state index is 12.7. The van der Waals surface area contributed by atoms with Crippen molar-refractivity contribution < 1.29 is 22.7 Å². The van der Waals surface area contributed by atoms with Crippen LogP contribution in [0.2, 0.25) is 0 Å². The van der Waals surface area contributed by atoms with Crippen molar-refractivity contribution in [3.63, 3.8) is 0 Å². The van der Waals surface area contributed by atoms with Crippen LogP contribution in [0.1, 0.15) is 44.7 Å². The van der Waals surface area contributed by atoms with E-state index in [2.05, 4.69) is 10.0 Å². The molecule has 2 atom stereocenters. The Bertz CT molecular complexity index is 815. The molecule has 8 heteroatoms. The zero-order valence-corrected chi connectivity index (χ0v) is 17.2. The summed E-state index contributed by atoms with van der Waals surface area (Å²) in [4.78, 5) is 24.6. The Balaban J connectivity index is 2.09. The summed E-state index contributed by atoms with van der Waals surface area (Å²) in [6, 6.07) is 3.85. The highest BCUT2D eigenvalue weighted by Gasteiger charge is 2.33. The molecular weight excluding hydrogens is 368 g/mol. The second-order valence-corrected chi connectivity index (χ2v) is 9.16. The lowest BCUT2D eigenvalue weighted by Crippen LogP contribution is -2.47. The molecule has 1 fully saturated rings. The Labute approximate surface area is 160 Å². The normalized spacial score (nSPS) is 16.7. The first-order valence-electron chi connectivity index (χ1n) is 9.11. The maximum atomic E-state index is 12.7. The molecule has 1 aliphatic rings. The number of aryl methyl sites for hydroxylation is 2. The molecule has 0 bridgehead atoms. The molecule has 7 nitrogen and oxygen atoms in total. The molecular formula is C19H28N2O5S. The molecule has 1 amide bonds. The van der Waals surface area contributed by atoms with Crippen LogP contribution >= 0.6 is 0 Å². The van der Waals surface area contributed by atoms with Crippen molar-refractivity contribution in [3.05, 3.63) is 29.3 Å². The van der Waals surface area contributed by atoms with E-state index in [1.54, 1.807) is 26.0 Å². The number of rotatable bonds is 8. The average molecular weight is 397 g/mol. The van der Waals surface area contributed by atoms with Gasteiger partial charge in [0.05, 0.1) is 4.90 Å². The second-order valence-electron chi connectivity index (χ2n) is 7.45. The van der Waals surface area contributed by atoms with Crippen LogP contribution in [0.3, 0.4) is 0 Å². The zero-order chi connectivity index (χ0) is 20.4. The van der Waals surface area contributed by atoms with Crippen molar-refractivity contribution in [2.75, 3.05) is 0 Å². The summed E-state index contributed by atoms with van der Waals surface area (Å²) >= 11 is 0. The molecule has 150 valence electrons. The summed E-state index contributed by atoms with van der Waals surface area (Å²) in [7, 11) is -3.91. The Kier molecular flexibility index (Phi) is 6.64. The molecule has 1 aromatic carbocycles. The lowest BCUT2D eigenvalue weighted by atomic mass is 10.1. The van der Waals surface area contributed by atoms with Gasteiger partial charge in [0.1, 0.15) is 6.04 Å². The van der Waals surface area contributed by atoms with Gasteiger partial charge < -0.3 is 10.1 Å². The van der Waals surface area contributed by atoms with E-state index in [9.17, 15) is 18.0 Å². The van der Waals surface area contributed by atoms with E-state index in [-0.39, 0.29) is 22.8 Å². The molecule has 1 aliphatic carbocycles. The van der Waals surface area contributed by atoms with Crippen LogP contribution in [-0.4, -0.2) is 38.5 Å². The summed E-state index contributed by atoms with van der Waals surface area (Å²) in [6.07, 6.45) is 0.874. The van der Waals surface area contributed by atoms with Crippen LogP contribution in [0.4, 0.5) is 0 Å². The molecule has 27 heavy (non-hydrogen) atoms. The summed E-state index contributed by atoms with van der Waals surface area (Å²) in [6.45, 7) is 8.61. The highest BCUT2D eigenvalue weighted by molar-refractivity contribution is 7.89. The molecule has 2 N–H and O–H groups in total. The second kappa shape index (κ2) is 8.39. The van der Waals surface area contributed by atoms with E-state index in [1.165, 1.54) is 13.0 Å². The topological polar surface area (TPSA) is 102 Å². The lowest BCUT2D eigenvalue weighted by molar-refractivity contribution is -0.157. The number of carbonyl (C=O) groups excluding carboxylic acids is 2. The highest BCUT2D eigenvalue weighted by atomic mass is 32.2. The van der Waals surface area contributed by atoms with Gasteiger partial charge in [-0.05, 0) is 62.8 Å². The van der Waals surface area contributed by atoms with E-state index >= 15 is 0 Å². The number of hydrogen-bond acceptors (Lipinski definition) is 5. The van der Waals surface area contributed by atoms with Gasteiger partial charge in [0.2, 0.25) is 10.0 Å². The smallest absolute Gasteiger partial charge is 0.325 e. The van der Waals surface area contributed by atoms with Gasteiger partial charge in [-0.3, -0.25) is 9.59 Å². The molecule has 0 heterocycles. The van der Waals surface area contributed by atoms with Crippen molar-refractivity contribution in [3.8, 4) is 0 Å². The lowest BCUT2D eigenvalue weighted by Gasteiger charge is -2.23. The Morgan fingerprint density at radius 1 is 1.11 bits per heavy atom. The number of benzene rings is 1. The van der Waals surface area contributed by atoms with Gasteiger partial charge in [0, 0.05) is 6.04 Å². The number of nitrogens with one attached hydrogen (secondary N) is 2. The first kappa shape index (κ1) is 21.4. The number of hydrogen-bond donors (Lipinski definition) is 2. The van der Waals surface area contributed by atoms with Crippen LogP contribution in [-0.2, 0) is 24.3 Å². The minimum absolute atomic E-state index is 0.0866. The van der Waals surface area contributed by atoms with Gasteiger partial charge in [-0.15, -0.1) is 0 Å². The summed E-state index contributed by atoms with van der Waals surface area (Å²) in [5.74, 6) is -1.49. The number of carbonyl (C=O) groups is 2. The molecule has 0 unspecified atom stereocenters. The van der Waals surface area contributed by atoms with E-state index in [1.807, 2.05) is 13.8 Å². The highest BCUT2D eigenvalue weighted by Crippen LogP contribution is 2.19. The predicted molar refractivity (Wildman–Crippen MR) is 102 cm³/mol. The van der Waals surface area contributed by atoms with Crippen molar-refractivity contribution in [1.82, 2.24) is 10.0 Å². The summed E-state index contributed by atoms with van der Waals surface area (Å²) in [5, 5.41) is 2.76. The van der Waals surface area contributed by atoms with Crippen LogP contribution < -0.4 is 10.0 Å². The number of sulfonamides is 1. The number of esters is 1. The van der Waals surface area contributed by atoms with Crippen molar-refractivity contribution in [1.29, 1.82) is 0 Å². The fraction of sp³-hybridized carbons (Fsp3) is 0.579. The van der Waals surface area contributed by atoms with Gasteiger partial charge in [0.25, 0.3) is 5.91 Å². The molecule has 0 aromatic heterocycles. The standard InChI is InChI=1S/C19H28N2O5S/c1-11(2)17(19(23)26-14(5)18(22)20-15-7-8-15)21-27(24,25)16-9-6-12(3)13(4)10-16/h6,9-11,14-15,17,21H,7-8H2,1-5H3,(H,20,22)/t14-,17+/m1/s1. The summed E-state index contributed by atoms with van der Waals surface area (Å²) in [5.41, 5.74) is 1.82. The monoisotopic (exact) mass is 396 g/mol. The Morgan fingerprint density at radius 3 is 2.26 bits per heavy atom. The third-order valence-corrected chi connectivity index (χ3v) is 6.02. The van der Waals surface area contributed by atoms with Crippen molar-refractivity contribution >= 4 is 21.9 Å². The maximum Gasteiger partial charge on any atom is 0.325 e. The SMILES string of the molecule is Cc1ccc(S(=O)(=O)N[C@H](C(=O)O[C@H](C)C(=O)NC2CC2)C(C)C)cc1C. The van der Waals surface area contributed by atoms with E-state index in [0.29, 0.717) is 0 Å². The Morgan fingerprint density at radius 2 is 1.74 bits per heavy atom. The third-order valence-electron chi connectivity index (χ3n) is 4.58. The van der Waals surface area contributed by atoms with Crippen molar-refractivity contribution in [2.45, 2.75) is 70.5 Å². The van der Waals surface area contributed by atoms with Gasteiger partial charge in [-0.2, -0.15) is 4.72 Å². The number of ether oxygens (including phenoxy) is 1. The predicted octanol–water partition coefficient (Wildman–Crippen LogP) is 1.82. The first-order valence-corrected chi connectivity index (χ1v) is 10.6. The molecule has 0 spiro atoms. The molecule has 0 radical (unpaired) electrons. The summed E-state index contributed by atoms with van der Waals surface area (Å²) < 4.78 is 33.0. The molecule has 0 saturated heterocycles. The fourth-order valence-electron chi connectivity index (χ4n) is 2.42. The molecule has 2 rings (SSSR count). The fourth-order valence-corrected chi connectivity index (χ4v) is 3.84. The van der Waals surface area contributed by atoms with E-state index in [0.717, 1.165) is 24.0 Å². The Hall–Kier alpha value is -1.93. The van der Waals surface area contributed by atoms with Gasteiger partial charge in [-0.25, -0.2) is 8.42 Å². The quantitative estimate of drug-likeness (QED) is 0.653. The number of amides is 1.